The number of alkyl halides is 3. The molecule has 12 heteroatoms. The van der Waals surface area contributed by atoms with Crippen LogP contribution in [0, 0.1) is 11.6 Å². The fourth-order valence-electron chi connectivity index (χ4n) is 6.57. The number of benzene rings is 4. The minimum absolute atomic E-state index is 0. The van der Waals surface area contributed by atoms with Crippen LogP contribution in [0.2, 0.25) is 0 Å². The van der Waals surface area contributed by atoms with Gasteiger partial charge in [-0.05, 0) is 59.9 Å². The van der Waals surface area contributed by atoms with Gasteiger partial charge in [0, 0.05) is 62.1 Å². The second kappa shape index (κ2) is 17.5. The van der Waals surface area contributed by atoms with Gasteiger partial charge in [0.25, 0.3) is 0 Å². The van der Waals surface area contributed by atoms with Crippen molar-refractivity contribution in [3.05, 3.63) is 136 Å². The van der Waals surface area contributed by atoms with E-state index in [9.17, 15) is 31.5 Å². The molecule has 0 saturated carbocycles. The molecule has 0 unspecified atom stereocenters. The lowest BCUT2D eigenvalue weighted by atomic mass is 10.00. The summed E-state index contributed by atoms with van der Waals surface area (Å²) in [5.41, 5.74) is 1.99. The molecule has 0 aliphatic carbocycles. The second-order valence-electron chi connectivity index (χ2n) is 12.8. The number of fused-ring (bicyclic) bond motifs is 1. The number of nitrogens with zero attached hydrogens (tertiary/aromatic N) is 3. The van der Waals surface area contributed by atoms with E-state index in [1.807, 2.05) is 29.2 Å². The van der Waals surface area contributed by atoms with Gasteiger partial charge in [-0.25, -0.2) is 8.78 Å². The summed E-state index contributed by atoms with van der Waals surface area (Å²) in [5, 5.41) is 0.893. The molecule has 0 spiro atoms. The van der Waals surface area contributed by atoms with Crippen molar-refractivity contribution in [1.29, 1.82) is 0 Å². The Morgan fingerprint density at radius 1 is 0.906 bits per heavy atom. The van der Waals surface area contributed by atoms with Crippen molar-refractivity contribution in [3.63, 3.8) is 0 Å². The number of methoxy groups -OCH3 is 1. The van der Waals surface area contributed by atoms with Gasteiger partial charge in [-0.1, -0.05) is 68.1 Å². The average molecular weight is 752 g/mol. The van der Waals surface area contributed by atoms with Crippen molar-refractivity contribution < 1.29 is 31.5 Å². The second-order valence-corrected chi connectivity index (χ2v) is 13.8. The number of carbonyl (C=O) groups is 1. The molecule has 4 aromatic carbocycles. The Morgan fingerprint density at radius 2 is 1.57 bits per heavy atom. The quantitative estimate of drug-likeness (QED) is 0.0942. The summed E-state index contributed by atoms with van der Waals surface area (Å²) >= 11 is 1.16. The number of carbonyl (C=O) groups excluding carboxylic acids is 1. The zero-order chi connectivity index (χ0) is 36.8. The van der Waals surface area contributed by atoms with Gasteiger partial charge in [0.05, 0.1) is 22.7 Å². The third-order valence-electron chi connectivity index (χ3n) is 9.46. The highest BCUT2D eigenvalue weighted by molar-refractivity contribution is 7.98. The number of amides is 1. The van der Waals surface area contributed by atoms with E-state index in [4.69, 9.17) is 4.74 Å². The number of thioether (sulfide) groups is 1. The van der Waals surface area contributed by atoms with Crippen molar-refractivity contribution >= 4 is 28.6 Å². The van der Waals surface area contributed by atoms with Gasteiger partial charge in [-0.2, -0.15) is 13.2 Å². The molecular weight excluding hydrogens is 710 g/mol. The number of halogens is 5. The molecule has 1 aromatic heterocycles. The van der Waals surface area contributed by atoms with Crippen LogP contribution in [0.25, 0.3) is 22.0 Å². The van der Waals surface area contributed by atoms with Crippen molar-refractivity contribution in [2.24, 2.45) is 0 Å². The first-order chi connectivity index (χ1) is 25.0. The molecule has 0 atom stereocenters. The number of ether oxygens (including phenoxy) is 1. The number of pyridine rings is 1. The van der Waals surface area contributed by atoms with Crippen LogP contribution in [-0.4, -0.2) is 59.7 Å². The predicted molar refractivity (Wildman–Crippen MR) is 200 cm³/mol. The molecule has 5 aromatic rings. The molecule has 280 valence electrons. The van der Waals surface area contributed by atoms with Crippen LogP contribution >= 0.6 is 11.8 Å². The molecule has 6 rings (SSSR count). The van der Waals surface area contributed by atoms with E-state index in [0.717, 1.165) is 73.6 Å². The SMILES string of the molecule is C.COCCN1CCC(N(Cc2ccc(-c3ccc(C(F)(F)F)cc3)cc2)C(=O)Cn2c(SCc3cccc(F)c3F)cc(=O)c3ccccc32)CC1. The van der Waals surface area contributed by atoms with Crippen LogP contribution in [0.15, 0.2) is 107 Å². The Balaban J connectivity index is 0.00000541. The zero-order valence-electron chi connectivity index (χ0n) is 28.5. The van der Waals surface area contributed by atoms with Crippen molar-refractivity contribution in [3.8, 4) is 11.1 Å². The van der Waals surface area contributed by atoms with Crippen LogP contribution in [-0.2, 0) is 34.6 Å². The summed E-state index contributed by atoms with van der Waals surface area (Å²) in [4.78, 5) is 31.8. The van der Waals surface area contributed by atoms with Crippen LogP contribution in [0.1, 0.15) is 37.0 Å². The molecular formula is C41H42F5N3O3S. The maximum atomic E-state index is 14.6. The van der Waals surface area contributed by atoms with Crippen molar-refractivity contribution in [2.45, 2.75) is 56.4 Å². The average Bonchev–Trinajstić information content (AvgIpc) is 3.15. The number of piperidine rings is 1. The van der Waals surface area contributed by atoms with Crippen molar-refractivity contribution in [2.75, 3.05) is 33.4 Å². The van der Waals surface area contributed by atoms with E-state index >= 15 is 0 Å². The molecule has 2 heterocycles. The molecule has 1 amide bonds. The lowest BCUT2D eigenvalue weighted by Crippen LogP contribution is -2.48. The van der Waals surface area contributed by atoms with E-state index in [1.165, 1.54) is 30.3 Å². The van der Waals surface area contributed by atoms with E-state index in [2.05, 4.69) is 4.90 Å². The van der Waals surface area contributed by atoms with Crippen molar-refractivity contribution in [1.82, 2.24) is 14.4 Å². The summed E-state index contributed by atoms with van der Waals surface area (Å²) in [6.45, 7) is 3.17. The summed E-state index contributed by atoms with van der Waals surface area (Å²) in [5.74, 6) is -2.03. The minimum atomic E-state index is -4.42. The first kappa shape index (κ1) is 39.7. The van der Waals surface area contributed by atoms with E-state index in [0.29, 0.717) is 34.6 Å². The van der Waals surface area contributed by atoms with Gasteiger partial charge in [0.15, 0.2) is 17.1 Å². The fraction of sp³-hybridized carbons (Fsp3) is 0.317. The number of aromatic nitrogens is 1. The lowest BCUT2D eigenvalue weighted by molar-refractivity contribution is -0.137. The highest BCUT2D eigenvalue weighted by Gasteiger charge is 2.31. The first-order valence-corrected chi connectivity index (χ1v) is 18.0. The molecule has 0 bridgehead atoms. The first-order valence-electron chi connectivity index (χ1n) is 17.0. The lowest BCUT2D eigenvalue weighted by Gasteiger charge is -2.39. The molecule has 6 nitrogen and oxygen atoms in total. The highest BCUT2D eigenvalue weighted by Crippen LogP contribution is 2.32. The van der Waals surface area contributed by atoms with E-state index < -0.39 is 23.4 Å². The highest BCUT2D eigenvalue weighted by atomic mass is 32.2. The van der Waals surface area contributed by atoms with Gasteiger partial charge >= 0.3 is 6.18 Å². The summed E-state index contributed by atoms with van der Waals surface area (Å²) in [6, 6.07) is 24.8. The van der Waals surface area contributed by atoms with Crippen LogP contribution in [0.5, 0.6) is 0 Å². The summed E-state index contributed by atoms with van der Waals surface area (Å²) in [7, 11) is 1.66. The predicted octanol–water partition coefficient (Wildman–Crippen LogP) is 9.03. The van der Waals surface area contributed by atoms with Crippen LogP contribution in [0.4, 0.5) is 22.0 Å². The van der Waals surface area contributed by atoms with Gasteiger partial charge in [0.2, 0.25) is 5.91 Å². The smallest absolute Gasteiger partial charge is 0.383 e. The van der Waals surface area contributed by atoms with Crippen LogP contribution in [0.3, 0.4) is 0 Å². The van der Waals surface area contributed by atoms with Gasteiger partial charge in [-0.15, -0.1) is 11.8 Å². The molecule has 53 heavy (non-hydrogen) atoms. The maximum absolute atomic E-state index is 14.6. The third-order valence-corrected chi connectivity index (χ3v) is 10.6. The molecule has 1 saturated heterocycles. The molecule has 0 radical (unpaired) electrons. The van der Waals surface area contributed by atoms with E-state index in [-0.39, 0.29) is 42.7 Å². The Morgan fingerprint density at radius 3 is 2.23 bits per heavy atom. The molecule has 1 fully saturated rings. The topological polar surface area (TPSA) is 54.8 Å². The number of hydrogen-bond acceptors (Lipinski definition) is 5. The summed E-state index contributed by atoms with van der Waals surface area (Å²) in [6.07, 6.45) is -2.94. The number of likely N-dealkylation sites (tertiary alicyclic amines) is 1. The minimum Gasteiger partial charge on any atom is -0.383 e. The van der Waals surface area contributed by atoms with Gasteiger partial charge in [0.1, 0.15) is 6.54 Å². The molecule has 0 N–H and O–H groups in total. The monoisotopic (exact) mass is 751 g/mol. The number of hydrogen-bond donors (Lipinski definition) is 0. The Bertz CT molecular complexity index is 2060. The van der Waals surface area contributed by atoms with Crippen LogP contribution < -0.4 is 5.43 Å². The zero-order valence-corrected chi connectivity index (χ0v) is 29.4. The van der Waals surface area contributed by atoms with Gasteiger partial charge < -0.3 is 19.1 Å². The molecule has 1 aliphatic rings. The third kappa shape index (κ3) is 9.54. The Labute approximate surface area is 310 Å². The standard InChI is InChI=1S/C40H38F5N3O3S.CH4/c1-51-22-21-46-19-17-32(18-20-46)47(24-27-9-11-28(12-10-27)29-13-15-31(16-14-29)40(43,44)45)37(50)25-48-35-8-3-2-6-33(35)36(49)23-38(48)52-26-30-5-4-7-34(41)39(30)42;/h2-16,23,32H,17-22,24-26H2,1H3;1H4. The summed E-state index contributed by atoms with van der Waals surface area (Å²) < 4.78 is 74.9. The molecule has 1 aliphatic heterocycles. The largest absolute Gasteiger partial charge is 0.416 e. The fourth-order valence-corrected chi connectivity index (χ4v) is 7.61. The Hall–Kier alpha value is -4.52. The Kier molecular flexibility index (Phi) is 13.1. The maximum Gasteiger partial charge on any atom is 0.416 e. The van der Waals surface area contributed by atoms with Gasteiger partial charge in [-0.3, -0.25) is 9.59 Å². The number of para-hydroxylation sites is 1. The number of rotatable bonds is 12. The van der Waals surface area contributed by atoms with E-state index in [1.54, 1.807) is 35.9 Å². The normalized spacial score (nSPS) is 13.9.